The Hall–Kier alpha value is -4.46. The molecule has 5 rings (SSSR count). The molecule has 1 aliphatic rings. The number of carbonyl (C=O) groups excluding carboxylic acids is 1. The van der Waals surface area contributed by atoms with Crippen molar-refractivity contribution in [3.63, 3.8) is 0 Å². The third-order valence-corrected chi connectivity index (χ3v) is 5.86. The maximum absolute atomic E-state index is 12.8. The van der Waals surface area contributed by atoms with E-state index in [1.54, 1.807) is 22.8 Å². The summed E-state index contributed by atoms with van der Waals surface area (Å²) in [5.74, 6) is 6.15. The highest BCUT2D eigenvalue weighted by atomic mass is 16.2. The summed E-state index contributed by atoms with van der Waals surface area (Å²) in [7, 11) is 2.07. The lowest BCUT2D eigenvalue weighted by Crippen LogP contribution is -2.47. The van der Waals surface area contributed by atoms with Crippen LogP contribution in [0.1, 0.15) is 27.2 Å². The summed E-state index contributed by atoms with van der Waals surface area (Å²) in [5.41, 5.74) is 5.02. The largest absolute Gasteiger partial charge is 0.336 e. The fraction of sp³-hybridized carbons (Fsp3) is 0.185. The van der Waals surface area contributed by atoms with E-state index in [2.05, 4.69) is 39.9 Å². The molecule has 34 heavy (non-hydrogen) atoms. The number of nitriles is 1. The predicted octanol–water partition coefficient (Wildman–Crippen LogP) is 3.06. The predicted molar refractivity (Wildman–Crippen MR) is 129 cm³/mol. The highest BCUT2D eigenvalue weighted by molar-refractivity contribution is 5.94. The van der Waals surface area contributed by atoms with Gasteiger partial charge in [0.25, 0.3) is 5.91 Å². The summed E-state index contributed by atoms with van der Waals surface area (Å²) >= 11 is 0. The summed E-state index contributed by atoms with van der Waals surface area (Å²) in [6.45, 7) is 3.31. The summed E-state index contributed by atoms with van der Waals surface area (Å²) < 4.78 is 1.70. The minimum absolute atomic E-state index is 0.0705. The Bertz CT molecular complexity index is 1460. The number of nitrogens with zero attached hydrogens (tertiary/aromatic N) is 6. The molecule has 166 valence electrons. The van der Waals surface area contributed by atoms with Crippen LogP contribution in [0.15, 0.2) is 66.9 Å². The molecule has 7 heteroatoms. The first kappa shape index (κ1) is 21.4. The summed E-state index contributed by atoms with van der Waals surface area (Å²) in [6.07, 6.45) is 1.78. The number of hydrogen-bond acceptors (Lipinski definition) is 5. The number of benzene rings is 2. The quantitative estimate of drug-likeness (QED) is 0.443. The van der Waals surface area contributed by atoms with Gasteiger partial charge in [0.1, 0.15) is 5.69 Å². The molecule has 2 aromatic carbocycles. The van der Waals surface area contributed by atoms with Gasteiger partial charge in [0, 0.05) is 42.9 Å². The lowest BCUT2D eigenvalue weighted by Gasteiger charge is -2.32. The van der Waals surface area contributed by atoms with Crippen molar-refractivity contribution in [2.75, 3.05) is 33.2 Å². The second-order valence-electron chi connectivity index (χ2n) is 8.26. The molecule has 4 aromatic rings. The van der Waals surface area contributed by atoms with Gasteiger partial charge in [-0.15, -0.1) is 0 Å². The number of hydrogen-bond donors (Lipinski definition) is 0. The van der Waals surface area contributed by atoms with Crippen LogP contribution in [0, 0.1) is 23.2 Å². The molecule has 2 aromatic heterocycles. The van der Waals surface area contributed by atoms with Crippen LogP contribution >= 0.6 is 0 Å². The number of imidazole rings is 1. The van der Waals surface area contributed by atoms with E-state index in [0.29, 0.717) is 22.5 Å². The van der Waals surface area contributed by atoms with Crippen LogP contribution in [0.2, 0.25) is 0 Å². The van der Waals surface area contributed by atoms with Crippen LogP contribution < -0.4 is 0 Å². The molecular formula is C27H22N6O. The minimum Gasteiger partial charge on any atom is -0.336 e. The zero-order chi connectivity index (χ0) is 23.5. The molecule has 0 spiro atoms. The second kappa shape index (κ2) is 9.19. The SMILES string of the molecule is CN1CCN(C(=O)c2ccc(-c3ccc4nc(C#Cc5cccc(C#N)c5)cn4n3)cc2)CC1. The highest BCUT2D eigenvalue weighted by Crippen LogP contribution is 2.19. The van der Waals surface area contributed by atoms with Gasteiger partial charge >= 0.3 is 0 Å². The fourth-order valence-corrected chi connectivity index (χ4v) is 3.87. The van der Waals surface area contributed by atoms with Gasteiger partial charge in [-0.05, 0) is 55.4 Å². The minimum atomic E-state index is 0.0705. The molecule has 1 fully saturated rings. The van der Waals surface area contributed by atoms with Crippen LogP contribution in [0.25, 0.3) is 16.9 Å². The van der Waals surface area contributed by atoms with E-state index in [1.165, 1.54) is 0 Å². The van der Waals surface area contributed by atoms with E-state index in [4.69, 9.17) is 5.26 Å². The van der Waals surface area contributed by atoms with Crippen LogP contribution in [0.5, 0.6) is 0 Å². The van der Waals surface area contributed by atoms with Gasteiger partial charge in [-0.25, -0.2) is 9.50 Å². The lowest BCUT2D eigenvalue weighted by atomic mass is 10.1. The van der Waals surface area contributed by atoms with Crippen LogP contribution in [-0.2, 0) is 0 Å². The van der Waals surface area contributed by atoms with Gasteiger partial charge in [0.05, 0.1) is 23.5 Å². The summed E-state index contributed by atoms with van der Waals surface area (Å²) in [5, 5.41) is 13.7. The van der Waals surface area contributed by atoms with Gasteiger partial charge < -0.3 is 9.80 Å². The third kappa shape index (κ3) is 4.52. The van der Waals surface area contributed by atoms with Crippen LogP contribution in [0.4, 0.5) is 0 Å². The Morgan fingerprint density at radius 1 is 0.941 bits per heavy atom. The molecule has 0 atom stereocenters. The molecule has 7 nitrogen and oxygen atoms in total. The molecule has 1 saturated heterocycles. The monoisotopic (exact) mass is 446 g/mol. The number of fused-ring (bicyclic) bond motifs is 1. The van der Waals surface area contributed by atoms with Crippen molar-refractivity contribution < 1.29 is 4.79 Å². The van der Waals surface area contributed by atoms with Crippen molar-refractivity contribution in [2.24, 2.45) is 0 Å². The van der Waals surface area contributed by atoms with E-state index in [9.17, 15) is 4.79 Å². The topological polar surface area (TPSA) is 77.5 Å². The second-order valence-corrected chi connectivity index (χ2v) is 8.26. The average Bonchev–Trinajstić information content (AvgIpc) is 3.30. The number of carbonyl (C=O) groups is 1. The highest BCUT2D eigenvalue weighted by Gasteiger charge is 2.20. The van der Waals surface area contributed by atoms with Crippen LogP contribution in [0.3, 0.4) is 0 Å². The van der Waals surface area contributed by atoms with E-state index < -0.39 is 0 Å². The van der Waals surface area contributed by atoms with Gasteiger partial charge in [-0.2, -0.15) is 10.4 Å². The lowest BCUT2D eigenvalue weighted by molar-refractivity contribution is 0.0664. The molecular weight excluding hydrogens is 424 g/mol. The maximum Gasteiger partial charge on any atom is 0.253 e. The van der Waals surface area contributed by atoms with Crippen molar-refractivity contribution in [3.8, 4) is 29.2 Å². The van der Waals surface area contributed by atoms with Crippen molar-refractivity contribution in [1.29, 1.82) is 5.26 Å². The summed E-state index contributed by atoms with van der Waals surface area (Å²) in [4.78, 5) is 21.4. The normalized spacial score (nSPS) is 13.8. The standard InChI is InChI=1S/C27H22N6O/c1-31-13-15-32(16-14-31)27(34)23-8-6-22(7-9-23)25-11-12-26-29-24(19-33(26)30-25)10-5-20-3-2-4-21(17-20)18-28/h2-4,6-9,11-12,17,19H,13-16H2,1H3. The van der Waals surface area contributed by atoms with Crippen molar-refractivity contribution in [2.45, 2.75) is 0 Å². The van der Waals surface area contributed by atoms with Crippen molar-refractivity contribution in [3.05, 3.63) is 89.2 Å². The Labute approximate surface area is 197 Å². The van der Waals surface area contributed by atoms with E-state index in [1.807, 2.05) is 53.4 Å². The van der Waals surface area contributed by atoms with Gasteiger partial charge in [-0.1, -0.05) is 24.1 Å². The fourth-order valence-electron chi connectivity index (χ4n) is 3.87. The average molecular weight is 447 g/mol. The first-order valence-corrected chi connectivity index (χ1v) is 11.1. The Kier molecular flexibility index (Phi) is 5.78. The number of amides is 1. The summed E-state index contributed by atoms with van der Waals surface area (Å²) in [6, 6.07) is 20.7. The van der Waals surface area contributed by atoms with Crippen LogP contribution in [-0.4, -0.2) is 63.5 Å². The Balaban J connectivity index is 1.34. The first-order valence-electron chi connectivity index (χ1n) is 11.1. The molecule has 0 saturated carbocycles. The number of piperazine rings is 1. The third-order valence-electron chi connectivity index (χ3n) is 5.86. The molecule has 3 heterocycles. The van der Waals surface area contributed by atoms with Gasteiger partial charge in [0.15, 0.2) is 5.65 Å². The molecule has 0 N–H and O–H groups in total. The molecule has 0 aliphatic carbocycles. The molecule has 1 amide bonds. The van der Waals surface area contributed by atoms with E-state index in [-0.39, 0.29) is 5.91 Å². The number of aromatic nitrogens is 3. The zero-order valence-electron chi connectivity index (χ0n) is 18.8. The maximum atomic E-state index is 12.8. The van der Waals surface area contributed by atoms with Gasteiger partial charge in [-0.3, -0.25) is 4.79 Å². The van der Waals surface area contributed by atoms with Crippen molar-refractivity contribution in [1.82, 2.24) is 24.4 Å². The van der Waals surface area contributed by atoms with E-state index >= 15 is 0 Å². The zero-order valence-corrected chi connectivity index (χ0v) is 18.8. The number of rotatable bonds is 2. The molecule has 0 radical (unpaired) electrons. The van der Waals surface area contributed by atoms with Gasteiger partial charge in [0.2, 0.25) is 0 Å². The number of likely N-dealkylation sites (N-methyl/N-ethyl adjacent to an activating group) is 1. The molecule has 1 aliphatic heterocycles. The first-order chi connectivity index (χ1) is 16.6. The Morgan fingerprint density at radius 2 is 1.71 bits per heavy atom. The molecule has 0 unspecified atom stereocenters. The van der Waals surface area contributed by atoms with Crippen molar-refractivity contribution >= 4 is 11.6 Å². The van der Waals surface area contributed by atoms with E-state index in [0.717, 1.165) is 43.0 Å². The Morgan fingerprint density at radius 3 is 2.47 bits per heavy atom. The smallest absolute Gasteiger partial charge is 0.253 e. The molecule has 0 bridgehead atoms.